The molecule has 1 N–H and O–H groups in total. The molecule has 1 radical (unpaired) electrons. The van der Waals surface area contributed by atoms with Crippen LogP contribution in [0.5, 0.6) is 5.75 Å². The molecule has 0 fully saturated rings. The van der Waals surface area contributed by atoms with Crippen molar-refractivity contribution in [3.63, 3.8) is 0 Å². The molecule has 0 saturated carbocycles. The maximum absolute atomic E-state index is 9.31. The molecular weight excluding hydrogens is 237 g/mol. The van der Waals surface area contributed by atoms with Gasteiger partial charge in [-0.05, 0) is 12.1 Å². The molecule has 1 aromatic carbocycles. The van der Waals surface area contributed by atoms with E-state index in [4.69, 9.17) is 0 Å². The Morgan fingerprint density at radius 2 is 1.83 bits per heavy atom. The summed E-state index contributed by atoms with van der Waals surface area (Å²) in [5.41, 5.74) is 0.662. The van der Waals surface area contributed by atoms with Gasteiger partial charge in [0.1, 0.15) is 11.3 Å². The first kappa shape index (κ1) is 9.17. The molecule has 61 valence electrons. The van der Waals surface area contributed by atoms with Crippen LogP contribution in [0, 0.1) is 0 Å². The Balaban J connectivity index is 0.000000720. The van der Waals surface area contributed by atoms with Gasteiger partial charge in [0.15, 0.2) is 0 Å². The van der Waals surface area contributed by atoms with Crippen LogP contribution in [0.25, 0.3) is 10.9 Å². The molecule has 0 atom stereocenters. The Morgan fingerprint density at radius 3 is 2.58 bits per heavy atom. The van der Waals surface area contributed by atoms with Crippen molar-refractivity contribution in [2.75, 3.05) is 0 Å². The summed E-state index contributed by atoms with van der Waals surface area (Å²) in [7, 11) is 0. The van der Waals surface area contributed by atoms with Crippen LogP contribution in [0.1, 0.15) is 0 Å². The van der Waals surface area contributed by atoms with Gasteiger partial charge in [-0.25, -0.2) is 0 Å². The van der Waals surface area contributed by atoms with E-state index in [2.05, 4.69) is 4.98 Å². The van der Waals surface area contributed by atoms with Gasteiger partial charge in [0.25, 0.3) is 0 Å². The summed E-state index contributed by atoms with van der Waals surface area (Å²) in [4.78, 5) is 4.03. The Kier molecular flexibility index (Phi) is 2.79. The molecule has 1 heterocycles. The van der Waals surface area contributed by atoms with Gasteiger partial charge < -0.3 is 5.11 Å². The second-order valence-corrected chi connectivity index (χ2v) is 2.35. The monoisotopic (exact) mass is 244 g/mol. The van der Waals surface area contributed by atoms with E-state index in [1.807, 2.05) is 18.2 Å². The third-order valence-corrected chi connectivity index (χ3v) is 1.61. The quantitative estimate of drug-likeness (QED) is 0.768. The van der Waals surface area contributed by atoms with Crippen molar-refractivity contribution in [2.24, 2.45) is 0 Å². The van der Waals surface area contributed by atoms with Crippen LogP contribution in [0.3, 0.4) is 0 Å². The number of rotatable bonds is 0. The summed E-state index contributed by atoms with van der Waals surface area (Å²) in [6.07, 6.45) is 1.67. The maximum atomic E-state index is 9.31. The van der Waals surface area contributed by atoms with Crippen LogP contribution >= 0.6 is 0 Å². The van der Waals surface area contributed by atoms with Gasteiger partial charge in [-0.2, -0.15) is 0 Å². The largest absolute Gasteiger partial charge is 0.506 e. The van der Waals surface area contributed by atoms with E-state index in [1.54, 1.807) is 18.3 Å². The average Bonchev–Trinajstić information content (AvgIpc) is 2.06. The minimum atomic E-state index is 0. The smallest absolute Gasteiger partial charge is 0.141 e. The molecule has 0 bridgehead atoms. The number of hydrogen-bond acceptors (Lipinski definition) is 2. The van der Waals surface area contributed by atoms with Crippen molar-refractivity contribution in [3.8, 4) is 5.75 Å². The predicted molar refractivity (Wildman–Crippen MR) is 43.4 cm³/mol. The molecular formula is C9H7NOTc. The zero-order valence-electron chi connectivity index (χ0n) is 6.24. The van der Waals surface area contributed by atoms with E-state index in [0.29, 0.717) is 5.52 Å². The van der Waals surface area contributed by atoms with Gasteiger partial charge in [-0.3, -0.25) is 4.98 Å². The fraction of sp³-hybridized carbons (Fsp3) is 0. The summed E-state index contributed by atoms with van der Waals surface area (Å²) in [6, 6.07) is 9.13. The first-order chi connectivity index (χ1) is 5.38. The summed E-state index contributed by atoms with van der Waals surface area (Å²) >= 11 is 0. The Bertz CT molecular complexity index is 384. The van der Waals surface area contributed by atoms with Crippen LogP contribution < -0.4 is 0 Å². The number of nitrogens with zero attached hydrogens (tertiary/aromatic N) is 1. The van der Waals surface area contributed by atoms with Crippen LogP contribution in [0.2, 0.25) is 0 Å². The van der Waals surface area contributed by atoms with Gasteiger partial charge in [-0.1, -0.05) is 18.2 Å². The third kappa shape index (κ3) is 1.47. The molecule has 1 aromatic heterocycles. The van der Waals surface area contributed by atoms with Crippen molar-refractivity contribution < 1.29 is 25.2 Å². The van der Waals surface area contributed by atoms with Gasteiger partial charge in [0.2, 0.25) is 0 Å². The van der Waals surface area contributed by atoms with Crippen molar-refractivity contribution in [2.45, 2.75) is 0 Å². The van der Waals surface area contributed by atoms with Crippen molar-refractivity contribution in [1.29, 1.82) is 0 Å². The Labute approximate surface area is 83.6 Å². The van der Waals surface area contributed by atoms with Crippen LogP contribution in [-0.4, -0.2) is 10.1 Å². The molecule has 0 aliphatic rings. The fourth-order valence-corrected chi connectivity index (χ4v) is 1.09. The SMILES string of the molecule is Oc1cccc2cccnc12.[99Tc]. The number of phenols is 1. The molecule has 0 saturated heterocycles. The van der Waals surface area contributed by atoms with Crippen LogP contribution in [0.4, 0.5) is 0 Å². The molecule has 2 rings (SSSR count). The van der Waals surface area contributed by atoms with E-state index in [1.165, 1.54) is 0 Å². The second-order valence-electron chi connectivity index (χ2n) is 2.35. The number of fused-ring (bicyclic) bond motifs is 1. The van der Waals surface area contributed by atoms with E-state index < -0.39 is 0 Å². The van der Waals surface area contributed by atoms with Crippen LogP contribution in [-0.2, 0) is 20.1 Å². The molecule has 0 aliphatic carbocycles. The molecule has 0 amide bonds. The summed E-state index contributed by atoms with van der Waals surface area (Å²) < 4.78 is 0. The molecule has 12 heavy (non-hydrogen) atoms. The minimum absolute atomic E-state index is 0. The van der Waals surface area contributed by atoms with E-state index in [-0.39, 0.29) is 25.9 Å². The molecule has 0 spiro atoms. The van der Waals surface area contributed by atoms with Gasteiger partial charge in [0, 0.05) is 31.7 Å². The predicted octanol–water partition coefficient (Wildman–Crippen LogP) is 1.94. The molecule has 2 nitrogen and oxygen atoms in total. The number of aromatic hydroxyl groups is 1. The standard InChI is InChI=1S/C9H7NO.Tc/c11-8-5-1-3-7-4-2-6-10-9(7)8;/h1-6,11H;/i;1+1. The Hall–Kier alpha value is -0.921. The molecule has 0 unspecified atom stereocenters. The summed E-state index contributed by atoms with van der Waals surface area (Å²) in [5.74, 6) is 0.239. The number of aromatic nitrogens is 1. The topological polar surface area (TPSA) is 33.1 Å². The molecule has 0 aliphatic heterocycles. The Morgan fingerprint density at radius 1 is 1.08 bits per heavy atom. The second kappa shape index (κ2) is 3.65. The average molecular weight is 244 g/mol. The molecule has 3 heteroatoms. The summed E-state index contributed by atoms with van der Waals surface area (Å²) in [5, 5.41) is 10.3. The third-order valence-electron chi connectivity index (χ3n) is 1.61. The van der Waals surface area contributed by atoms with Crippen molar-refractivity contribution >= 4 is 10.9 Å². The summed E-state index contributed by atoms with van der Waals surface area (Å²) in [6.45, 7) is 0. The number of hydrogen-bond donors (Lipinski definition) is 1. The van der Waals surface area contributed by atoms with Gasteiger partial charge >= 0.3 is 0 Å². The fourth-order valence-electron chi connectivity index (χ4n) is 1.09. The first-order valence-corrected chi connectivity index (χ1v) is 3.40. The number of benzene rings is 1. The van der Waals surface area contributed by atoms with Crippen LogP contribution in [0.15, 0.2) is 36.5 Å². The van der Waals surface area contributed by atoms with E-state index >= 15 is 0 Å². The van der Waals surface area contributed by atoms with Gasteiger partial charge in [0.05, 0.1) is 0 Å². The zero-order valence-corrected chi connectivity index (χ0v) is 8.09. The normalized spacial score (nSPS) is 9.33. The first-order valence-electron chi connectivity index (χ1n) is 3.40. The minimum Gasteiger partial charge on any atom is -0.506 e. The zero-order chi connectivity index (χ0) is 7.68. The van der Waals surface area contributed by atoms with Crippen molar-refractivity contribution in [1.82, 2.24) is 4.98 Å². The molecule has 2 aromatic rings. The maximum Gasteiger partial charge on any atom is 0.141 e. The van der Waals surface area contributed by atoms with Gasteiger partial charge in [-0.15, -0.1) is 0 Å². The number of para-hydroxylation sites is 1. The van der Waals surface area contributed by atoms with E-state index in [0.717, 1.165) is 5.39 Å². The number of phenolic OH excluding ortho intramolecular Hbond substituents is 1. The van der Waals surface area contributed by atoms with E-state index in [9.17, 15) is 5.11 Å². The number of pyridine rings is 1. The van der Waals surface area contributed by atoms with Crippen molar-refractivity contribution in [3.05, 3.63) is 36.5 Å².